The molecule has 0 saturated carbocycles. The van der Waals surface area contributed by atoms with Crippen LogP contribution in [0.25, 0.3) is 0 Å². The molecule has 2 aromatic heterocycles. The Bertz CT molecular complexity index is 905. The van der Waals surface area contributed by atoms with Gasteiger partial charge in [-0.05, 0) is 30.9 Å². The zero-order valence-corrected chi connectivity index (χ0v) is 15.1. The third-order valence-electron chi connectivity index (χ3n) is 3.27. The maximum Gasteiger partial charge on any atom is 0.350 e. The van der Waals surface area contributed by atoms with Crippen molar-refractivity contribution in [3.63, 3.8) is 0 Å². The Morgan fingerprint density at radius 3 is 2.56 bits per heavy atom. The third-order valence-corrected chi connectivity index (χ3v) is 5.15. The smallest absolute Gasteiger partial charge is 0.350 e. The molecular weight excluding hydrogens is 360 g/mol. The summed E-state index contributed by atoms with van der Waals surface area (Å²) < 4.78 is 9.03. The molecule has 3 rings (SSSR count). The molecule has 0 bridgehead atoms. The molecule has 0 unspecified atom stereocenters. The van der Waals surface area contributed by atoms with Gasteiger partial charge in [-0.1, -0.05) is 46.2 Å². The quantitative estimate of drug-likeness (QED) is 0.689. The Kier molecular flexibility index (Phi) is 5.15. The average Bonchev–Trinajstić information content (AvgIpc) is 3.19. The number of hydrogen-bond acceptors (Lipinski definition) is 8. The molecule has 1 N–H and O–H groups in total. The van der Waals surface area contributed by atoms with E-state index in [1.165, 1.54) is 0 Å². The summed E-state index contributed by atoms with van der Waals surface area (Å²) >= 11 is 2.09. The minimum atomic E-state index is -0.463. The maximum absolute atomic E-state index is 12.2. The van der Waals surface area contributed by atoms with Gasteiger partial charge in [0.05, 0.1) is 11.4 Å². The van der Waals surface area contributed by atoms with E-state index in [0.29, 0.717) is 26.3 Å². The van der Waals surface area contributed by atoms with Crippen LogP contribution >= 0.6 is 22.9 Å². The number of benzene rings is 1. The fraction of sp³-hybridized carbons (Fsp3) is 0.188. The van der Waals surface area contributed by atoms with Gasteiger partial charge >= 0.3 is 5.97 Å². The van der Waals surface area contributed by atoms with Crippen LogP contribution in [0.3, 0.4) is 0 Å². The van der Waals surface area contributed by atoms with Crippen molar-refractivity contribution in [2.24, 2.45) is 0 Å². The molecule has 7 nitrogen and oxygen atoms in total. The van der Waals surface area contributed by atoms with E-state index in [1.54, 1.807) is 13.8 Å². The van der Waals surface area contributed by atoms with Crippen LogP contribution in [0.4, 0.5) is 5.13 Å². The fourth-order valence-corrected chi connectivity index (χ4v) is 3.43. The van der Waals surface area contributed by atoms with Crippen molar-refractivity contribution < 1.29 is 14.3 Å². The Morgan fingerprint density at radius 2 is 1.88 bits per heavy atom. The van der Waals surface area contributed by atoms with Gasteiger partial charge < -0.3 is 4.74 Å². The molecule has 2 heterocycles. The number of rotatable bonds is 5. The van der Waals surface area contributed by atoms with Gasteiger partial charge in [-0.15, -0.1) is 5.10 Å². The van der Waals surface area contributed by atoms with Crippen molar-refractivity contribution in [1.82, 2.24) is 14.6 Å². The van der Waals surface area contributed by atoms with Crippen LogP contribution < -0.4 is 5.32 Å². The molecular formula is C16H14N4O3S2. The molecule has 3 aromatic rings. The molecule has 0 fully saturated rings. The highest BCUT2D eigenvalue weighted by Gasteiger charge is 2.20. The highest BCUT2D eigenvalue weighted by Crippen LogP contribution is 2.25. The number of nitrogens with one attached hydrogen (secondary N) is 1. The highest BCUT2D eigenvalue weighted by atomic mass is 32.1. The van der Waals surface area contributed by atoms with Gasteiger partial charge in [-0.2, -0.15) is 0 Å². The second kappa shape index (κ2) is 7.49. The molecule has 9 heteroatoms. The molecule has 1 amide bonds. The van der Waals surface area contributed by atoms with E-state index in [1.807, 2.05) is 30.3 Å². The van der Waals surface area contributed by atoms with Crippen molar-refractivity contribution in [3.05, 3.63) is 57.0 Å². The molecule has 0 saturated heterocycles. The first-order valence-electron chi connectivity index (χ1n) is 7.33. The van der Waals surface area contributed by atoms with E-state index < -0.39 is 5.97 Å². The third kappa shape index (κ3) is 4.06. The molecule has 0 aliphatic carbocycles. The van der Waals surface area contributed by atoms with Gasteiger partial charge in [0, 0.05) is 0 Å². The monoisotopic (exact) mass is 374 g/mol. The normalized spacial score (nSPS) is 10.5. The van der Waals surface area contributed by atoms with Gasteiger partial charge in [-0.25, -0.2) is 9.78 Å². The van der Waals surface area contributed by atoms with E-state index in [4.69, 9.17) is 4.74 Å². The largest absolute Gasteiger partial charge is 0.457 e. The lowest BCUT2D eigenvalue weighted by molar-refractivity contribution is 0.0477. The summed E-state index contributed by atoms with van der Waals surface area (Å²) in [4.78, 5) is 29.4. The van der Waals surface area contributed by atoms with Crippen molar-refractivity contribution in [1.29, 1.82) is 0 Å². The SMILES string of the molecule is Cc1nnsc1C(=O)Nc1nc(C)c(C(=O)OCc2ccccc2)s1. The zero-order chi connectivity index (χ0) is 17.8. The van der Waals surface area contributed by atoms with Crippen LogP contribution in [0.5, 0.6) is 0 Å². The Morgan fingerprint density at radius 1 is 1.12 bits per heavy atom. The number of nitrogens with zero attached hydrogens (tertiary/aromatic N) is 3. The van der Waals surface area contributed by atoms with E-state index in [9.17, 15) is 9.59 Å². The average molecular weight is 374 g/mol. The first kappa shape index (κ1) is 17.2. The number of esters is 1. The van der Waals surface area contributed by atoms with E-state index in [0.717, 1.165) is 28.4 Å². The number of aromatic nitrogens is 3. The first-order valence-corrected chi connectivity index (χ1v) is 8.92. The van der Waals surface area contributed by atoms with Gasteiger partial charge in [0.1, 0.15) is 16.4 Å². The Labute approximate surface area is 151 Å². The van der Waals surface area contributed by atoms with E-state index in [2.05, 4.69) is 19.9 Å². The number of anilines is 1. The minimum Gasteiger partial charge on any atom is -0.457 e. The highest BCUT2D eigenvalue weighted by molar-refractivity contribution is 7.17. The van der Waals surface area contributed by atoms with E-state index >= 15 is 0 Å². The lowest BCUT2D eigenvalue weighted by atomic mass is 10.2. The van der Waals surface area contributed by atoms with Crippen LogP contribution in [-0.2, 0) is 11.3 Å². The number of carbonyl (C=O) groups is 2. The van der Waals surface area contributed by atoms with Crippen molar-refractivity contribution >= 4 is 39.9 Å². The van der Waals surface area contributed by atoms with Crippen molar-refractivity contribution in [3.8, 4) is 0 Å². The van der Waals surface area contributed by atoms with Crippen LogP contribution in [0, 0.1) is 13.8 Å². The Balaban J connectivity index is 1.66. The summed E-state index contributed by atoms with van der Waals surface area (Å²) in [6.07, 6.45) is 0. The standard InChI is InChI=1S/C16H14N4O3S2/c1-9-13(15(22)23-8-11-6-4-3-5-7-11)24-16(17-9)18-14(21)12-10(2)19-20-25-12/h3-7H,8H2,1-2H3,(H,17,18,21). The lowest BCUT2D eigenvalue weighted by Crippen LogP contribution is -2.11. The zero-order valence-electron chi connectivity index (χ0n) is 13.5. The summed E-state index contributed by atoms with van der Waals surface area (Å²) in [7, 11) is 0. The molecule has 0 aliphatic rings. The molecule has 0 radical (unpaired) electrons. The predicted molar refractivity (Wildman–Crippen MR) is 95.0 cm³/mol. The van der Waals surface area contributed by atoms with Crippen LogP contribution in [0.15, 0.2) is 30.3 Å². The number of thiazole rings is 1. The van der Waals surface area contributed by atoms with Gasteiger partial charge in [-0.3, -0.25) is 10.1 Å². The number of aryl methyl sites for hydroxylation is 2. The molecule has 25 heavy (non-hydrogen) atoms. The van der Waals surface area contributed by atoms with Crippen molar-refractivity contribution in [2.75, 3.05) is 5.32 Å². The van der Waals surface area contributed by atoms with Gasteiger partial charge in [0.25, 0.3) is 5.91 Å². The predicted octanol–water partition coefficient (Wildman–Crippen LogP) is 3.22. The van der Waals surface area contributed by atoms with Crippen molar-refractivity contribution in [2.45, 2.75) is 20.5 Å². The summed E-state index contributed by atoms with van der Waals surface area (Å²) in [5, 5.41) is 6.80. The van der Waals surface area contributed by atoms with Gasteiger partial charge in [0.15, 0.2) is 5.13 Å². The number of hydrogen-bond donors (Lipinski definition) is 1. The van der Waals surface area contributed by atoms with Crippen LogP contribution in [0.2, 0.25) is 0 Å². The van der Waals surface area contributed by atoms with E-state index in [-0.39, 0.29) is 12.5 Å². The fourth-order valence-electron chi connectivity index (χ4n) is 2.02. The number of ether oxygens (including phenoxy) is 1. The molecule has 0 aliphatic heterocycles. The minimum absolute atomic E-state index is 0.185. The Hall–Kier alpha value is -2.65. The summed E-state index contributed by atoms with van der Waals surface area (Å²) in [6.45, 7) is 3.59. The number of carbonyl (C=O) groups excluding carboxylic acids is 2. The molecule has 0 spiro atoms. The second-order valence-electron chi connectivity index (χ2n) is 5.14. The van der Waals surface area contributed by atoms with Gasteiger partial charge in [0.2, 0.25) is 0 Å². The van der Waals surface area contributed by atoms with Crippen LogP contribution in [-0.4, -0.2) is 26.4 Å². The summed E-state index contributed by atoms with van der Waals surface area (Å²) in [5.41, 5.74) is 1.97. The second-order valence-corrected chi connectivity index (χ2v) is 6.89. The molecule has 0 atom stereocenters. The molecule has 1 aromatic carbocycles. The summed E-state index contributed by atoms with van der Waals surface area (Å²) in [5.74, 6) is -0.805. The number of amides is 1. The lowest BCUT2D eigenvalue weighted by Gasteiger charge is -2.03. The van der Waals surface area contributed by atoms with Crippen LogP contribution in [0.1, 0.15) is 36.3 Å². The maximum atomic E-state index is 12.2. The first-order chi connectivity index (χ1) is 12.0. The summed E-state index contributed by atoms with van der Waals surface area (Å²) in [6, 6.07) is 9.41. The molecule has 128 valence electrons. The topological polar surface area (TPSA) is 94.1 Å².